The van der Waals surface area contributed by atoms with E-state index in [1.54, 1.807) is 34.5 Å². The molecule has 1 unspecified atom stereocenters. The maximum absolute atomic E-state index is 13.0. The molecule has 1 amide bonds. The van der Waals surface area contributed by atoms with Gasteiger partial charge in [0.1, 0.15) is 15.9 Å². The first-order valence-electron chi connectivity index (χ1n) is 9.61. The fourth-order valence-electron chi connectivity index (χ4n) is 3.44. The lowest BCUT2D eigenvalue weighted by atomic mass is 10.0. The van der Waals surface area contributed by atoms with E-state index in [1.807, 2.05) is 13.8 Å². The predicted molar refractivity (Wildman–Crippen MR) is 110 cm³/mol. The Bertz CT molecular complexity index is 1120. The van der Waals surface area contributed by atoms with Crippen LogP contribution in [0.15, 0.2) is 38.4 Å². The number of nitrogens with one attached hydrogen (secondary N) is 1. The van der Waals surface area contributed by atoms with E-state index >= 15 is 0 Å². The third kappa shape index (κ3) is 3.89. The highest BCUT2D eigenvalue weighted by molar-refractivity contribution is 7.91. The Kier molecular flexibility index (Phi) is 5.71. The minimum absolute atomic E-state index is 0.0782. The van der Waals surface area contributed by atoms with E-state index < -0.39 is 22.0 Å². The number of piperidine rings is 1. The van der Waals surface area contributed by atoms with Crippen molar-refractivity contribution >= 4 is 33.3 Å². The number of carbonyl (C=O) groups is 1. The number of sulfonamides is 1. The second kappa shape index (κ2) is 8.28. The van der Waals surface area contributed by atoms with E-state index in [2.05, 4.69) is 20.6 Å². The number of carbonyl (C=O) groups excluding carboxylic acids is 1. The molecule has 3 aromatic heterocycles. The van der Waals surface area contributed by atoms with Crippen LogP contribution in [0.3, 0.4) is 0 Å². The highest BCUT2D eigenvalue weighted by Gasteiger charge is 2.38. The van der Waals surface area contributed by atoms with Gasteiger partial charge in [0.05, 0.1) is 0 Å². The molecule has 1 fully saturated rings. The van der Waals surface area contributed by atoms with Crippen molar-refractivity contribution in [2.24, 2.45) is 0 Å². The molecule has 4 heterocycles. The fraction of sp³-hybridized carbons (Fsp3) is 0.444. The van der Waals surface area contributed by atoms with E-state index in [-0.39, 0.29) is 22.2 Å². The van der Waals surface area contributed by atoms with Crippen LogP contribution in [0.4, 0.5) is 6.01 Å². The molecule has 30 heavy (non-hydrogen) atoms. The largest absolute Gasteiger partial charge is 0.401 e. The van der Waals surface area contributed by atoms with Crippen LogP contribution in [-0.4, -0.2) is 51.2 Å². The van der Waals surface area contributed by atoms with Crippen molar-refractivity contribution in [3.05, 3.63) is 29.8 Å². The second-order valence-electron chi connectivity index (χ2n) is 7.22. The standard InChI is InChI=1S/C18H22N6O4S2/c1-12(2)24-14(8-9-19-24)17-21-22-18(28-17)20-16(25)13-6-3-4-10-23(13)30(26,27)15-7-5-11-29-15/h5,7-9,11-13H,3-4,6,10H2,1-2H3,(H,20,22,25). The van der Waals surface area contributed by atoms with E-state index in [9.17, 15) is 13.2 Å². The third-order valence-electron chi connectivity index (χ3n) is 4.85. The summed E-state index contributed by atoms with van der Waals surface area (Å²) in [7, 11) is -3.74. The molecule has 0 bridgehead atoms. The first-order chi connectivity index (χ1) is 14.4. The summed E-state index contributed by atoms with van der Waals surface area (Å²) in [5.41, 5.74) is 0.637. The average Bonchev–Trinajstić information content (AvgIpc) is 3.48. The maximum atomic E-state index is 13.0. The van der Waals surface area contributed by atoms with Crippen LogP contribution in [0.1, 0.15) is 39.2 Å². The molecule has 0 saturated carbocycles. The molecule has 0 aliphatic carbocycles. The van der Waals surface area contributed by atoms with Crippen molar-refractivity contribution < 1.29 is 17.6 Å². The topological polar surface area (TPSA) is 123 Å². The van der Waals surface area contributed by atoms with Gasteiger partial charge < -0.3 is 4.42 Å². The van der Waals surface area contributed by atoms with Crippen LogP contribution < -0.4 is 5.32 Å². The molecule has 0 radical (unpaired) electrons. The van der Waals surface area contributed by atoms with Crippen molar-refractivity contribution in [1.29, 1.82) is 0 Å². The molecule has 1 atom stereocenters. The molecule has 1 aliphatic rings. The summed E-state index contributed by atoms with van der Waals surface area (Å²) in [6.07, 6.45) is 3.53. The van der Waals surface area contributed by atoms with Crippen LogP contribution in [0.2, 0.25) is 0 Å². The van der Waals surface area contributed by atoms with Gasteiger partial charge in [-0.05, 0) is 44.2 Å². The Balaban J connectivity index is 1.53. The Labute approximate surface area is 178 Å². The third-order valence-corrected chi connectivity index (χ3v) is 8.13. The number of nitrogens with zero attached hydrogens (tertiary/aromatic N) is 5. The van der Waals surface area contributed by atoms with Crippen molar-refractivity contribution in [2.45, 2.75) is 49.4 Å². The summed E-state index contributed by atoms with van der Waals surface area (Å²) < 4.78 is 34.8. The monoisotopic (exact) mass is 450 g/mol. The highest BCUT2D eigenvalue weighted by Crippen LogP contribution is 2.29. The number of hydrogen-bond donors (Lipinski definition) is 1. The lowest BCUT2D eigenvalue weighted by molar-refractivity contribution is -0.120. The molecule has 3 aromatic rings. The number of amides is 1. The molecule has 1 aliphatic heterocycles. The number of thiophene rings is 1. The highest BCUT2D eigenvalue weighted by atomic mass is 32.2. The summed E-state index contributed by atoms with van der Waals surface area (Å²) in [6.45, 7) is 4.24. The van der Waals surface area contributed by atoms with Crippen molar-refractivity contribution in [2.75, 3.05) is 11.9 Å². The molecular weight excluding hydrogens is 428 g/mol. The van der Waals surface area contributed by atoms with Gasteiger partial charge in [-0.3, -0.25) is 14.8 Å². The Hall–Kier alpha value is -2.57. The molecule has 1 saturated heterocycles. The minimum Gasteiger partial charge on any atom is -0.401 e. The number of hydrogen-bond acceptors (Lipinski definition) is 8. The molecule has 12 heteroatoms. The van der Waals surface area contributed by atoms with Crippen LogP contribution in [0, 0.1) is 0 Å². The molecule has 160 valence electrons. The lowest BCUT2D eigenvalue weighted by Gasteiger charge is -2.32. The first kappa shape index (κ1) is 20.7. The smallest absolute Gasteiger partial charge is 0.322 e. The van der Waals surface area contributed by atoms with Gasteiger partial charge in [-0.1, -0.05) is 17.6 Å². The van der Waals surface area contributed by atoms with Crippen LogP contribution in [0.25, 0.3) is 11.6 Å². The van der Waals surface area contributed by atoms with E-state index in [0.29, 0.717) is 25.1 Å². The number of anilines is 1. The van der Waals surface area contributed by atoms with Crippen molar-refractivity contribution in [3.8, 4) is 11.6 Å². The second-order valence-corrected chi connectivity index (χ2v) is 10.3. The average molecular weight is 451 g/mol. The minimum atomic E-state index is -3.74. The molecule has 10 nitrogen and oxygen atoms in total. The quantitative estimate of drug-likeness (QED) is 0.612. The number of rotatable bonds is 6. The number of aromatic nitrogens is 4. The van der Waals surface area contributed by atoms with Crippen LogP contribution in [0.5, 0.6) is 0 Å². The van der Waals surface area contributed by atoms with E-state index in [1.165, 1.54) is 4.31 Å². The summed E-state index contributed by atoms with van der Waals surface area (Å²) >= 11 is 1.14. The molecular formula is C18H22N6O4S2. The van der Waals surface area contributed by atoms with Gasteiger partial charge in [0.2, 0.25) is 5.91 Å². The summed E-state index contributed by atoms with van der Waals surface area (Å²) in [5.74, 6) is -0.259. The molecule has 4 rings (SSSR count). The van der Waals surface area contributed by atoms with Gasteiger partial charge in [0.15, 0.2) is 0 Å². The van der Waals surface area contributed by atoms with Gasteiger partial charge in [-0.2, -0.15) is 9.40 Å². The predicted octanol–water partition coefficient (Wildman–Crippen LogP) is 2.76. The van der Waals surface area contributed by atoms with Gasteiger partial charge in [0.25, 0.3) is 15.9 Å². The molecule has 1 N–H and O–H groups in total. The van der Waals surface area contributed by atoms with Gasteiger partial charge in [0, 0.05) is 18.8 Å². The van der Waals surface area contributed by atoms with Crippen molar-refractivity contribution in [1.82, 2.24) is 24.3 Å². The van der Waals surface area contributed by atoms with Gasteiger partial charge >= 0.3 is 6.01 Å². The Morgan fingerprint density at radius 2 is 2.13 bits per heavy atom. The Morgan fingerprint density at radius 1 is 1.30 bits per heavy atom. The van der Waals surface area contributed by atoms with Crippen molar-refractivity contribution in [3.63, 3.8) is 0 Å². The maximum Gasteiger partial charge on any atom is 0.322 e. The lowest BCUT2D eigenvalue weighted by Crippen LogP contribution is -2.49. The van der Waals surface area contributed by atoms with Crippen LogP contribution >= 0.6 is 11.3 Å². The summed E-state index contributed by atoms with van der Waals surface area (Å²) in [5, 5.41) is 16.4. The molecule has 0 spiro atoms. The molecule has 0 aromatic carbocycles. The fourth-order valence-corrected chi connectivity index (χ4v) is 6.22. The zero-order chi connectivity index (χ0) is 21.3. The van der Waals surface area contributed by atoms with Crippen LogP contribution in [-0.2, 0) is 14.8 Å². The Morgan fingerprint density at radius 3 is 2.87 bits per heavy atom. The first-order valence-corrected chi connectivity index (χ1v) is 11.9. The summed E-state index contributed by atoms with van der Waals surface area (Å²) in [6, 6.07) is 4.16. The van der Waals surface area contributed by atoms with Gasteiger partial charge in [-0.25, -0.2) is 8.42 Å². The summed E-state index contributed by atoms with van der Waals surface area (Å²) in [4.78, 5) is 12.9. The van der Waals surface area contributed by atoms with E-state index in [0.717, 1.165) is 17.8 Å². The SMILES string of the molecule is CC(C)n1nccc1-c1nnc(NC(=O)C2CCCCN2S(=O)(=O)c2cccs2)o1. The van der Waals surface area contributed by atoms with Gasteiger partial charge in [-0.15, -0.1) is 16.4 Å². The normalized spacial score (nSPS) is 18.0. The zero-order valence-corrected chi connectivity index (χ0v) is 18.2. The zero-order valence-electron chi connectivity index (χ0n) is 16.6. The van der Waals surface area contributed by atoms with E-state index in [4.69, 9.17) is 4.42 Å².